The first-order valence-electron chi connectivity index (χ1n) is 6.61. The molecule has 1 unspecified atom stereocenters. The first-order valence-corrected chi connectivity index (χ1v) is 6.61. The number of rotatable bonds is 7. The number of nitrogens with zero attached hydrogens (tertiary/aromatic N) is 2. The van der Waals surface area contributed by atoms with E-state index in [4.69, 9.17) is 5.26 Å². The molecule has 0 aromatic carbocycles. The van der Waals surface area contributed by atoms with E-state index in [2.05, 4.69) is 30.3 Å². The van der Waals surface area contributed by atoms with E-state index in [1.807, 2.05) is 0 Å². The van der Waals surface area contributed by atoms with Gasteiger partial charge in [0.25, 0.3) is 0 Å². The van der Waals surface area contributed by atoms with Crippen molar-refractivity contribution in [2.75, 3.05) is 20.1 Å². The molecule has 92 valence electrons. The Hall–Kier alpha value is -0.590. The van der Waals surface area contributed by atoms with Gasteiger partial charge in [0.05, 0.1) is 12.1 Å². The van der Waals surface area contributed by atoms with Crippen molar-refractivity contribution in [3.8, 4) is 6.07 Å². The molecule has 0 heterocycles. The highest BCUT2D eigenvalue weighted by molar-refractivity contribution is 4.90. The molecule has 1 N–H and O–H groups in total. The molecule has 16 heavy (non-hydrogen) atoms. The van der Waals surface area contributed by atoms with Gasteiger partial charge in [0.2, 0.25) is 0 Å². The quantitative estimate of drug-likeness (QED) is 0.719. The Morgan fingerprint density at radius 1 is 1.44 bits per heavy atom. The van der Waals surface area contributed by atoms with Crippen LogP contribution in [0.5, 0.6) is 0 Å². The number of nitrogens with one attached hydrogen (secondary N) is 1. The fraction of sp³-hybridized carbons (Fsp3) is 0.923. The zero-order chi connectivity index (χ0) is 11.8. The van der Waals surface area contributed by atoms with Crippen LogP contribution in [0.15, 0.2) is 0 Å². The normalized spacial score (nSPS) is 18.9. The Balaban J connectivity index is 2.18. The van der Waals surface area contributed by atoms with Gasteiger partial charge in [-0.1, -0.05) is 19.8 Å². The van der Waals surface area contributed by atoms with Crippen molar-refractivity contribution >= 4 is 0 Å². The second-order valence-corrected chi connectivity index (χ2v) is 4.84. The third-order valence-corrected chi connectivity index (χ3v) is 3.52. The van der Waals surface area contributed by atoms with Gasteiger partial charge in [0.1, 0.15) is 0 Å². The lowest BCUT2D eigenvalue weighted by molar-refractivity contribution is 0.237. The van der Waals surface area contributed by atoms with Crippen molar-refractivity contribution in [3.05, 3.63) is 0 Å². The van der Waals surface area contributed by atoms with E-state index in [1.54, 1.807) is 0 Å². The molecule has 1 rings (SSSR count). The lowest BCUT2D eigenvalue weighted by atomic mass is 10.1. The maximum Gasteiger partial charge on any atom is 0.0965 e. The van der Waals surface area contributed by atoms with E-state index in [9.17, 15) is 0 Å². The van der Waals surface area contributed by atoms with Crippen molar-refractivity contribution in [1.82, 2.24) is 10.2 Å². The van der Waals surface area contributed by atoms with Crippen molar-refractivity contribution < 1.29 is 0 Å². The average Bonchev–Trinajstić information content (AvgIpc) is 2.82. The summed E-state index contributed by atoms with van der Waals surface area (Å²) in [5.74, 6) is 0. The summed E-state index contributed by atoms with van der Waals surface area (Å²) in [4.78, 5) is 2.44. The van der Waals surface area contributed by atoms with Crippen LogP contribution in [0.2, 0.25) is 0 Å². The lowest BCUT2D eigenvalue weighted by Crippen LogP contribution is -2.36. The van der Waals surface area contributed by atoms with E-state index in [0.717, 1.165) is 32.0 Å². The van der Waals surface area contributed by atoms with E-state index in [1.165, 1.54) is 25.7 Å². The number of hydrogen-bond donors (Lipinski definition) is 1. The van der Waals surface area contributed by atoms with Crippen molar-refractivity contribution in [2.24, 2.45) is 0 Å². The lowest BCUT2D eigenvalue weighted by Gasteiger charge is -2.25. The second-order valence-electron chi connectivity index (χ2n) is 4.84. The summed E-state index contributed by atoms with van der Waals surface area (Å²) >= 11 is 0. The molecular weight excluding hydrogens is 198 g/mol. The van der Waals surface area contributed by atoms with Crippen molar-refractivity contribution in [3.63, 3.8) is 0 Å². The standard InChI is InChI=1S/C13H25N3/c1-3-9-15-12(11-14)8-10-16(2)13-6-4-5-7-13/h12-13,15H,3-10H2,1-2H3. The SMILES string of the molecule is CCCNC(C#N)CCN(C)C1CCCC1. The van der Waals surface area contributed by atoms with Crippen LogP contribution in [-0.4, -0.2) is 37.1 Å². The zero-order valence-electron chi connectivity index (χ0n) is 10.7. The predicted molar refractivity (Wildman–Crippen MR) is 67.2 cm³/mol. The summed E-state index contributed by atoms with van der Waals surface area (Å²) in [6, 6.07) is 3.15. The molecule has 3 nitrogen and oxygen atoms in total. The molecule has 1 saturated carbocycles. The number of hydrogen-bond acceptors (Lipinski definition) is 3. The predicted octanol–water partition coefficient (Wildman–Crippen LogP) is 2.14. The van der Waals surface area contributed by atoms with E-state index in [-0.39, 0.29) is 6.04 Å². The minimum absolute atomic E-state index is 0.0313. The Morgan fingerprint density at radius 2 is 2.12 bits per heavy atom. The molecule has 0 saturated heterocycles. The van der Waals surface area contributed by atoms with Gasteiger partial charge in [0, 0.05) is 12.6 Å². The van der Waals surface area contributed by atoms with Crippen LogP contribution in [0.25, 0.3) is 0 Å². The van der Waals surface area contributed by atoms with Crippen LogP contribution < -0.4 is 5.32 Å². The highest BCUT2D eigenvalue weighted by Crippen LogP contribution is 2.22. The Bertz CT molecular complexity index is 216. The molecule has 1 fully saturated rings. The smallest absolute Gasteiger partial charge is 0.0965 e. The van der Waals surface area contributed by atoms with Gasteiger partial charge in [-0.3, -0.25) is 0 Å². The minimum atomic E-state index is 0.0313. The summed E-state index contributed by atoms with van der Waals surface area (Å²) in [7, 11) is 2.20. The molecule has 1 aliphatic carbocycles. The van der Waals surface area contributed by atoms with Crippen LogP contribution in [0, 0.1) is 11.3 Å². The molecule has 0 spiro atoms. The molecule has 3 heteroatoms. The Kier molecular flexibility index (Phi) is 6.44. The third kappa shape index (κ3) is 4.51. The van der Waals surface area contributed by atoms with E-state index in [0.29, 0.717) is 0 Å². The van der Waals surface area contributed by atoms with Crippen LogP contribution in [0.4, 0.5) is 0 Å². The van der Waals surface area contributed by atoms with Gasteiger partial charge in [-0.25, -0.2) is 0 Å². The highest BCUT2D eigenvalue weighted by atomic mass is 15.1. The Labute approximate surface area is 99.8 Å². The molecule has 0 aromatic rings. The highest BCUT2D eigenvalue weighted by Gasteiger charge is 2.19. The topological polar surface area (TPSA) is 39.1 Å². The fourth-order valence-corrected chi connectivity index (χ4v) is 2.39. The maximum atomic E-state index is 9.00. The molecule has 0 aromatic heterocycles. The van der Waals surface area contributed by atoms with Crippen LogP contribution in [-0.2, 0) is 0 Å². The van der Waals surface area contributed by atoms with Gasteiger partial charge in [-0.15, -0.1) is 0 Å². The molecule has 0 radical (unpaired) electrons. The number of nitriles is 1. The van der Waals surface area contributed by atoms with Gasteiger partial charge in [-0.2, -0.15) is 5.26 Å². The average molecular weight is 223 g/mol. The molecule has 0 amide bonds. The molecule has 1 atom stereocenters. The summed E-state index contributed by atoms with van der Waals surface area (Å²) in [6.07, 6.45) is 7.49. The van der Waals surface area contributed by atoms with Gasteiger partial charge in [-0.05, 0) is 39.3 Å². The van der Waals surface area contributed by atoms with Gasteiger partial charge < -0.3 is 10.2 Å². The third-order valence-electron chi connectivity index (χ3n) is 3.52. The van der Waals surface area contributed by atoms with Gasteiger partial charge in [0.15, 0.2) is 0 Å². The first-order chi connectivity index (χ1) is 7.77. The van der Waals surface area contributed by atoms with Crippen molar-refractivity contribution in [2.45, 2.75) is 57.5 Å². The largest absolute Gasteiger partial charge is 0.303 e. The van der Waals surface area contributed by atoms with Gasteiger partial charge >= 0.3 is 0 Å². The summed E-state index contributed by atoms with van der Waals surface area (Å²) < 4.78 is 0. The zero-order valence-corrected chi connectivity index (χ0v) is 10.7. The molecular formula is C13H25N3. The monoisotopic (exact) mass is 223 g/mol. The van der Waals surface area contributed by atoms with Crippen LogP contribution in [0.3, 0.4) is 0 Å². The first kappa shape index (κ1) is 13.5. The fourth-order valence-electron chi connectivity index (χ4n) is 2.39. The molecule has 1 aliphatic rings. The molecule has 0 aliphatic heterocycles. The summed E-state index contributed by atoms with van der Waals surface area (Å²) in [6.45, 7) is 4.12. The minimum Gasteiger partial charge on any atom is -0.303 e. The molecule has 0 bridgehead atoms. The Morgan fingerprint density at radius 3 is 2.69 bits per heavy atom. The second kappa shape index (κ2) is 7.65. The van der Waals surface area contributed by atoms with Crippen LogP contribution in [0.1, 0.15) is 45.4 Å². The maximum absolute atomic E-state index is 9.00. The summed E-state index contributed by atoms with van der Waals surface area (Å²) in [5.41, 5.74) is 0. The summed E-state index contributed by atoms with van der Waals surface area (Å²) in [5, 5.41) is 12.3. The van der Waals surface area contributed by atoms with E-state index >= 15 is 0 Å². The van der Waals surface area contributed by atoms with Crippen molar-refractivity contribution in [1.29, 1.82) is 5.26 Å². The van der Waals surface area contributed by atoms with E-state index < -0.39 is 0 Å². The van der Waals surface area contributed by atoms with Crippen LogP contribution >= 0.6 is 0 Å².